The summed E-state index contributed by atoms with van der Waals surface area (Å²) in [7, 11) is 0. The van der Waals surface area contributed by atoms with Crippen molar-refractivity contribution in [2.75, 3.05) is 0 Å². The number of amides is 2. The van der Waals surface area contributed by atoms with E-state index in [1.807, 2.05) is 6.07 Å². The van der Waals surface area contributed by atoms with Crippen molar-refractivity contribution in [3.63, 3.8) is 0 Å². The smallest absolute Gasteiger partial charge is 0.406 e. The summed E-state index contributed by atoms with van der Waals surface area (Å²) in [5.74, 6) is -2.70. The molecular formula is C29H24F3N3O5. The van der Waals surface area contributed by atoms with Crippen molar-refractivity contribution in [2.24, 2.45) is 0 Å². The lowest BCUT2D eigenvalue weighted by Gasteiger charge is -2.18. The minimum Gasteiger partial charge on any atom is -0.406 e. The molecule has 1 unspecified atom stereocenters. The van der Waals surface area contributed by atoms with Crippen LogP contribution in [0.3, 0.4) is 0 Å². The third-order valence-electron chi connectivity index (χ3n) is 5.86. The first-order chi connectivity index (χ1) is 19.1. The summed E-state index contributed by atoms with van der Waals surface area (Å²) in [6, 6.07) is 21.3. The Morgan fingerprint density at radius 2 is 1.52 bits per heavy atom. The van der Waals surface area contributed by atoms with Crippen molar-refractivity contribution in [3.8, 4) is 17.1 Å². The Labute approximate surface area is 227 Å². The van der Waals surface area contributed by atoms with E-state index in [0.29, 0.717) is 22.4 Å². The summed E-state index contributed by atoms with van der Waals surface area (Å²) in [6.07, 6.45) is -4.79. The van der Waals surface area contributed by atoms with Gasteiger partial charge in [0.15, 0.2) is 5.76 Å². The van der Waals surface area contributed by atoms with Crippen LogP contribution in [-0.4, -0.2) is 35.2 Å². The molecule has 8 nitrogen and oxygen atoms in total. The zero-order valence-electron chi connectivity index (χ0n) is 21.2. The van der Waals surface area contributed by atoms with Crippen LogP contribution in [-0.2, 0) is 22.6 Å². The van der Waals surface area contributed by atoms with E-state index in [1.54, 1.807) is 61.5 Å². The molecule has 2 N–H and O–H groups in total. The molecule has 0 aliphatic heterocycles. The Bertz CT molecular complexity index is 1470. The van der Waals surface area contributed by atoms with E-state index in [-0.39, 0.29) is 24.3 Å². The number of nitrogens with one attached hydrogen (secondary N) is 2. The van der Waals surface area contributed by atoms with Crippen LogP contribution in [0.2, 0.25) is 0 Å². The van der Waals surface area contributed by atoms with Crippen LogP contribution in [0.1, 0.15) is 27.2 Å². The number of ketones is 1. The van der Waals surface area contributed by atoms with Gasteiger partial charge in [0, 0.05) is 18.5 Å². The number of nitrogens with zero attached hydrogens (tertiary/aromatic N) is 1. The molecule has 3 aromatic carbocycles. The maximum Gasteiger partial charge on any atom is 0.573 e. The number of alkyl halides is 3. The highest BCUT2D eigenvalue weighted by molar-refractivity contribution is 6.38. The normalized spacial score (nSPS) is 11.9. The molecule has 0 radical (unpaired) electrons. The maximum absolute atomic E-state index is 13.4. The van der Waals surface area contributed by atoms with Gasteiger partial charge in [-0.25, -0.2) is 0 Å². The summed E-state index contributed by atoms with van der Waals surface area (Å²) in [5.41, 5.74) is 2.21. The van der Waals surface area contributed by atoms with Crippen LogP contribution in [0, 0.1) is 6.92 Å². The van der Waals surface area contributed by atoms with Gasteiger partial charge >= 0.3 is 6.36 Å². The first-order valence-corrected chi connectivity index (χ1v) is 12.1. The number of hydrogen-bond donors (Lipinski definition) is 2. The zero-order chi connectivity index (χ0) is 28.7. The summed E-state index contributed by atoms with van der Waals surface area (Å²) in [6.45, 7) is 1.46. The maximum atomic E-state index is 13.4. The highest BCUT2D eigenvalue weighted by Crippen LogP contribution is 2.26. The van der Waals surface area contributed by atoms with Gasteiger partial charge in [0.2, 0.25) is 5.78 Å². The van der Waals surface area contributed by atoms with Gasteiger partial charge in [-0.05, 0) is 30.2 Å². The van der Waals surface area contributed by atoms with Crippen molar-refractivity contribution < 1.29 is 36.8 Å². The lowest BCUT2D eigenvalue weighted by atomic mass is 10.00. The number of halogens is 3. The third kappa shape index (κ3) is 7.34. The Hall–Kier alpha value is -4.93. The topological polar surface area (TPSA) is 111 Å². The second-order valence-electron chi connectivity index (χ2n) is 8.79. The molecule has 0 saturated carbocycles. The molecule has 2 amide bonds. The summed E-state index contributed by atoms with van der Waals surface area (Å²) in [4.78, 5) is 39.4. The van der Waals surface area contributed by atoms with Crippen molar-refractivity contribution >= 4 is 17.6 Å². The fraction of sp³-hybridized carbons (Fsp3) is 0.172. The van der Waals surface area contributed by atoms with E-state index in [0.717, 1.165) is 12.1 Å². The number of aryl methyl sites for hydroxylation is 1. The van der Waals surface area contributed by atoms with Gasteiger partial charge in [-0.2, -0.15) is 0 Å². The van der Waals surface area contributed by atoms with E-state index in [1.165, 1.54) is 12.1 Å². The van der Waals surface area contributed by atoms with E-state index >= 15 is 0 Å². The van der Waals surface area contributed by atoms with E-state index in [2.05, 4.69) is 20.5 Å². The van der Waals surface area contributed by atoms with Gasteiger partial charge < -0.3 is 19.9 Å². The van der Waals surface area contributed by atoms with Crippen LogP contribution >= 0.6 is 0 Å². The molecule has 1 aromatic heterocycles. The number of carbonyl (C=O) groups is 3. The first kappa shape index (κ1) is 28.1. The van der Waals surface area contributed by atoms with Gasteiger partial charge in [0.25, 0.3) is 11.8 Å². The van der Waals surface area contributed by atoms with Crippen LogP contribution in [0.4, 0.5) is 13.2 Å². The first-order valence-electron chi connectivity index (χ1n) is 12.1. The molecule has 11 heteroatoms. The van der Waals surface area contributed by atoms with E-state index in [4.69, 9.17) is 4.52 Å². The highest BCUT2D eigenvalue weighted by atomic mass is 19.4. The molecule has 206 valence electrons. The SMILES string of the molecule is Cc1noc(-c2ccccc2)c1C(=O)NC(Cc1ccccc1)C(=O)C(=O)NCc1ccc(OC(F)(F)F)cc1. The summed E-state index contributed by atoms with van der Waals surface area (Å²) in [5, 5.41) is 9.01. The zero-order valence-corrected chi connectivity index (χ0v) is 21.2. The predicted molar refractivity (Wildman–Crippen MR) is 138 cm³/mol. The Balaban J connectivity index is 1.49. The van der Waals surface area contributed by atoms with Crippen LogP contribution in [0.5, 0.6) is 5.75 Å². The molecule has 40 heavy (non-hydrogen) atoms. The van der Waals surface area contributed by atoms with Gasteiger partial charge in [-0.15, -0.1) is 13.2 Å². The van der Waals surface area contributed by atoms with Crippen molar-refractivity contribution in [1.82, 2.24) is 15.8 Å². The number of Topliss-reactive ketones (excluding diaryl/α,β-unsaturated/α-hetero) is 1. The molecule has 0 saturated heterocycles. The van der Waals surface area contributed by atoms with Gasteiger partial charge in [-0.1, -0.05) is 78.0 Å². The third-order valence-corrected chi connectivity index (χ3v) is 5.86. The van der Waals surface area contributed by atoms with Gasteiger partial charge in [-0.3, -0.25) is 14.4 Å². The molecule has 1 heterocycles. The molecule has 0 aliphatic rings. The van der Waals surface area contributed by atoms with Crippen molar-refractivity contribution in [2.45, 2.75) is 32.3 Å². The Morgan fingerprint density at radius 1 is 0.900 bits per heavy atom. The number of rotatable bonds is 10. The number of aromatic nitrogens is 1. The predicted octanol–water partition coefficient (Wildman–Crippen LogP) is 4.78. The molecule has 0 fully saturated rings. The summed E-state index contributed by atoms with van der Waals surface area (Å²) >= 11 is 0. The molecule has 0 spiro atoms. The summed E-state index contributed by atoms with van der Waals surface area (Å²) < 4.78 is 46.3. The van der Waals surface area contributed by atoms with Gasteiger partial charge in [0.1, 0.15) is 17.4 Å². The second-order valence-corrected chi connectivity index (χ2v) is 8.79. The molecular weight excluding hydrogens is 527 g/mol. The van der Waals surface area contributed by atoms with E-state index < -0.39 is 35.8 Å². The fourth-order valence-electron chi connectivity index (χ4n) is 3.95. The molecule has 0 aliphatic carbocycles. The van der Waals surface area contributed by atoms with Crippen LogP contribution in [0.15, 0.2) is 89.5 Å². The standard InChI is InChI=1S/C29H24F3N3O5/c1-18-24(26(40-35-18)21-10-6-3-7-11-21)27(37)34-23(16-19-8-4-2-5-9-19)25(36)28(38)33-17-20-12-14-22(15-13-20)39-29(30,31)32/h2-15,23H,16-17H2,1H3,(H,33,38)(H,34,37). The second kappa shape index (κ2) is 12.3. The molecule has 4 rings (SSSR count). The van der Waals surface area contributed by atoms with Crippen LogP contribution in [0.25, 0.3) is 11.3 Å². The minimum absolute atomic E-state index is 0.0350. The largest absolute Gasteiger partial charge is 0.573 e. The number of carbonyl (C=O) groups excluding carboxylic acids is 3. The van der Waals surface area contributed by atoms with Crippen molar-refractivity contribution in [3.05, 3.63) is 107 Å². The minimum atomic E-state index is -4.83. The number of ether oxygens (including phenoxy) is 1. The fourth-order valence-corrected chi connectivity index (χ4v) is 3.95. The molecule has 0 bridgehead atoms. The quantitative estimate of drug-likeness (QED) is 0.275. The molecule has 1 atom stereocenters. The monoisotopic (exact) mass is 551 g/mol. The van der Waals surface area contributed by atoms with Crippen LogP contribution < -0.4 is 15.4 Å². The molecule has 4 aromatic rings. The Kier molecular flexibility index (Phi) is 8.63. The highest BCUT2D eigenvalue weighted by Gasteiger charge is 2.32. The average Bonchev–Trinajstić information content (AvgIpc) is 3.33. The van der Waals surface area contributed by atoms with Crippen molar-refractivity contribution in [1.29, 1.82) is 0 Å². The number of hydrogen-bond acceptors (Lipinski definition) is 6. The lowest BCUT2D eigenvalue weighted by Crippen LogP contribution is -2.48. The number of benzene rings is 3. The Morgan fingerprint density at radius 3 is 2.15 bits per heavy atom. The average molecular weight is 552 g/mol. The lowest BCUT2D eigenvalue weighted by molar-refractivity contribution is -0.274. The van der Waals surface area contributed by atoms with Gasteiger partial charge in [0.05, 0.1) is 5.69 Å². The van der Waals surface area contributed by atoms with E-state index in [9.17, 15) is 27.6 Å².